The van der Waals surface area contributed by atoms with E-state index in [1.165, 1.54) is 70.2 Å². The molecule has 12 rings (SSSR count). The van der Waals surface area contributed by atoms with Crippen LogP contribution in [-0.2, 0) is 10.8 Å². The first-order chi connectivity index (χ1) is 27.4. The van der Waals surface area contributed by atoms with Crippen LogP contribution in [0.5, 0.6) is 0 Å². The van der Waals surface area contributed by atoms with Crippen molar-refractivity contribution in [1.29, 1.82) is 0 Å². The molecule has 0 atom stereocenters. The van der Waals surface area contributed by atoms with Gasteiger partial charge in [0.25, 0.3) is 0 Å². The molecule has 8 aromatic carbocycles. The van der Waals surface area contributed by atoms with Crippen LogP contribution in [0.4, 0.5) is 17.1 Å². The fourth-order valence-electron chi connectivity index (χ4n) is 10.2. The van der Waals surface area contributed by atoms with E-state index in [-0.39, 0.29) is 5.41 Å². The molecular formula is C53H37NOS. The Hall–Kier alpha value is -6.42. The first kappa shape index (κ1) is 31.9. The standard InChI is InChI=1S/C53H37NOS/c1-52(2)41-19-9-4-14-34(41)37-26-24-32(30-45(37)52)54(33-25-27-39-38-17-8-13-23-48(38)56-49(39)31-33)46-29-28-44(51-50(46)40-18-7-12-22-47(40)55-51)53(3)42-20-10-5-15-35(42)36-16-6-11-21-43(36)53/h4-31H,1-3H3. The zero-order chi connectivity index (χ0) is 37.3. The number of hydrogen-bond acceptors (Lipinski definition) is 3. The summed E-state index contributed by atoms with van der Waals surface area (Å²) in [7, 11) is 0. The van der Waals surface area contributed by atoms with Crippen molar-refractivity contribution in [2.75, 3.05) is 4.90 Å². The summed E-state index contributed by atoms with van der Waals surface area (Å²) >= 11 is 1.86. The number of nitrogens with zero attached hydrogens (tertiary/aromatic N) is 1. The summed E-state index contributed by atoms with van der Waals surface area (Å²) in [6.45, 7) is 7.11. The molecule has 0 bridgehead atoms. The summed E-state index contributed by atoms with van der Waals surface area (Å²) in [5, 5.41) is 4.84. The third kappa shape index (κ3) is 4.16. The van der Waals surface area contributed by atoms with E-state index in [9.17, 15) is 0 Å². The number of rotatable bonds is 4. The van der Waals surface area contributed by atoms with Crippen LogP contribution in [0.25, 0.3) is 64.4 Å². The van der Waals surface area contributed by atoms with Crippen LogP contribution in [-0.4, -0.2) is 0 Å². The number of anilines is 3. The van der Waals surface area contributed by atoms with E-state index in [1.54, 1.807) is 0 Å². The van der Waals surface area contributed by atoms with E-state index in [4.69, 9.17) is 4.42 Å². The van der Waals surface area contributed by atoms with Crippen molar-refractivity contribution in [2.45, 2.75) is 31.6 Å². The Balaban J connectivity index is 1.15. The zero-order valence-electron chi connectivity index (χ0n) is 31.4. The molecule has 0 spiro atoms. The Kier molecular flexibility index (Phi) is 6.44. The molecule has 0 saturated carbocycles. The highest BCUT2D eigenvalue weighted by molar-refractivity contribution is 7.25. The molecule has 2 aliphatic rings. The Morgan fingerprint density at radius 1 is 0.446 bits per heavy atom. The van der Waals surface area contributed by atoms with Gasteiger partial charge in [0.2, 0.25) is 0 Å². The van der Waals surface area contributed by atoms with Crippen LogP contribution >= 0.6 is 11.3 Å². The topological polar surface area (TPSA) is 16.4 Å². The number of fused-ring (bicyclic) bond motifs is 12. The summed E-state index contributed by atoms with van der Waals surface area (Å²) < 4.78 is 9.67. The maximum absolute atomic E-state index is 7.09. The van der Waals surface area contributed by atoms with Gasteiger partial charge in [0.15, 0.2) is 0 Å². The fraction of sp³-hybridized carbons (Fsp3) is 0.0943. The Morgan fingerprint density at radius 2 is 1.02 bits per heavy atom. The molecule has 266 valence electrons. The Bertz CT molecular complexity index is 3220. The van der Waals surface area contributed by atoms with Gasteiger partial charge in [-0.2, -0.15) is 0 Å². The molecule has 0 fully saturated rings. The summed E-state index contributed by atoms with van der Waals surface area (Å²) in [6, 6.07) is 62.8. The van der Waals surface area contributed by atoms with Gasteiger partial charge in [0.1, 0.15) is 11.2 Å². The summed E-state index contributed by atoms with van der Waals surface area (Å²) in [6.07, 6.45) is 0. The highest BCUT2D eigenvalue weighted by Crippen LogP contribution is 2.57. The maximum atomic E-state index is 7.09. The lowest BCUT2D eigenvalue weighted by Gasteiger charge is -2.31. The van der Waals surface area contributed by atoms with Gasteiger partial charge in [-0.25, -0.2) is 0 Å². The second kappa shape index (κ2) is 11.3. The van der Waals surface area contributed by atoms with E-state index in [1.807, 2.05) is 11.3 Å². The smallest absolute Gasteiger partial charge is 0.141 e. The number of para-hydroxylation sites is 1. The zero-order valence-corrected chi connectivity index (χ0v) is 32.2. The summed E-state index contributed by atoms with van der Waals surface area (Å²) in [5.41, 5.74) is 16.4. The lowest BCUT2D eigenvalue weighted by molar-refractivity contribution is 0.638. The molecule has 0 amide bonds. The minimum atomic E-state index is -0.415. The first-order valence-electron chi connectivity index (χ1n) is 19.5. The minimum Gasteiger partial charge on any atom is -0.456 e. The lowest BCUT2D eigenvalue weighted by atomic mass is 9.73. The van der Waals surface area contributed by atoms with Crippen LogP contribution in [0.3, 0.4) is 0 Å². The van der Waals surface area contributed by atoms with Gasteiger partial charge in [-0.3, -0.25) is 0 Å². The molecule has 0 radical (unpaired) electrons. The largest absolute Gasteiger partial charge is 0.456 e. The molecule has 2 nitrogen and oxygen atoms in total. The van der Waals surface area contributed by atoms with Crippen molar-refractivity contribution in [3.05, 3.63) is 198 Å². The number of benzene rings is 8. The highest BCUT2D eigenvalue weighted by atomic mass is 32.1. The monoisotopic (exact) mass is 735 g/mol. The van der Waals surface area contributed by atoms with Crippen LogP contribution in [0.1, 0.15) is 48.6 Å². The van der Waals surface area contributed by atoms with Gasteiger partial charge in [-0.1, -0.05) is 141 Å². The third-order valence-corrected chi connectivity index (χ3v) is 14.1. The van der Waals surface area contributed by atoms with E-state index >= 15 is 0 Å². The van der Waals surface area contributed by atoms with Gasteiger partial charge in [0, 0.05) is 53.3 Å². The fourth-order valence-corrected chi connectivity index (χ4v) is 11.4. The first-order valence-corrected chi connectivity index (χ1v) is 20.3. The molecule has 0 unspecified atom stereocenters. The van der Waals surface area contributed by atoms with Crippen molar-refractivity contribution < 1.29 is 4.42 Å². The predicted octanol–water partition coefficient (Wildman–Crippen LogP) is 15.1. The second-order valence-corrected chi connectivity index (χ2v) is 17.2. The summed E-state index contributed by atoms with van der Waals surface area (Å²) in [4.78, 5) is 2.48. The number of hydrogen-bond donors (Lipinski definition) is 0. The van der Waals surface area contributed by atoms with E-state index in [0.717, 1.165) is 39.0 Å². The quantitative estimate of drug-likeness (QED) is 0.179. The molecule has 2 aliphatic carbocycles. The molecular weight excluding hydrogens is 699 g/mol. The van der Waals surface area contributed by atoms with Crippen LogP contribution in [0, 0.1) is 0 Å². The average molecular weight is 736 g/mol. The Morgan fingerprint density at radius 3 is 1.79 bits per heavy atom. The van der Waals surface area contributed by atoms with Gasteiger partial charge in [-0.05, 0) is 93.9 Å². The Labute approximate surface area is 329 Å². The predicted molar refractivity (Wildman–Crippen MR) is 236 cm³/mol. The minimum absolute atomic E-state index is 0.137. The summed E-state index contributed by atoms with van der Waals surface area (Å²) in [5.74, 6) is 0. The van der Waals surface area contributed by atoms with Crippen molar-refractivity contribution in [1.82, 2.24) is 0 Å². The molecule has 0 N–H and O–H groups in total. The van der Waals surface area contributed by atoms with E-state index in [2.05, 4.69) is 196 Å². The molecule has 2 heterocycles. The van der Waals surface area contributed by atoms with Crippen LogP contribution in [0.15, 0.2) is 174 Å². The molecule has 56 heavy (non-hydrogen) atoms. The molecule has 2 aromatic heterocycles. The lowest BCUT2D eigenvalue weighted by Crippen LogP contribution is -2.23. The molecule has 0 saturated heterocycles. The van der Waals surface area contributed by atoms with E-state index in [0.29, 0.717) is 0 Å². The van der Waals surface area contributed by atoms with Gasteiger partial charge in [-0.15, -0.1) is 11.3 Å². The highest BCUT2D eigenvalue weighted by Gasteiger charge is 2.43. The SMILES string of the molecule is CC1(C)c2ccccc2-c2ccc(N(c3ccc4c(c3)sc3ccccc34)c3ccc(C4(C)c5ccccc5-c5ccccc54)c4oc5ccccc5c34)cc21. The van der Waals surface area contributed by atoms with Crippen molar-refractivity contribution >= 4 is 70.5 Å². The van der Waals surface area contributed by atoms with Crippen molar-refractivity contribution in [2.24, 2.45) is 0 Å². The van der Waals surface area contributed by atoms with Gasteiger partial charge >= 0.3 is 0 Å². The van der Waals surface area contributed by atoms with Crippen molar-refractivity contribution in [3.63, 3.8) is 0 Å². The third-order valence-electron chi connectivity index (χ3n) is 13.0. The molecule has 10 aromatic rings. The molecule has 0 aliphatic heterocycles. The second-order valence-electron chi connectivity index (χ2n) is 16.2. The van der Waals surface area contributed by atoms with Crippen molar-refractivity contribution in [3.8, 4) is 22.3 Å². The van der Waals surface area contributed by atoms with Gasteiger partial charge < -0.3 is 9.32 Å². The van der Waals surface area contributed by atoms with Crippen LogP contribution < -0.4 is 4.90 Å². The average Bonchev–Trinajstić information content (AvgIpc) is 3.95. The van der Waals surface area contributed by atoms with E-state index < -0.39 is 5.41 Å². The van der Waals surface area contributed by atoms with Gasteiger partial charge in [0.05, 0.1) is 11.1 Å². The number of thiophene rings is 1. The maximum Gasteiger partial charge on any atom is 0.141 e. The molecule has 3 heteroatoms. The number of furan rings is 1. The normalized spacial score (nSPS) is 14.6. The van der Waals surface area contributed by atoms with Crippen LogP contribution in [0.2, 0.25) is 0 Å².